The highest BCUT2D eigenvalue weighted by molar-refractivity contribution is 7.99. The lowest BCUT2D eigenvalue weighted by molar-refractivity contribution is -0.122. The Morgan fingerprint density at radius 3 is 2.85 bits per heavy atom. The number of amides is 1. The van der Waals surface area contributed by atoms with Crippen LogP contribution in [0.15, 0.2) is 45.1 Å². The Balaban J connectivity index is 1.62. The van der Waals surface area contributed by atoms with Gasteiger partial charge in [0.25, 0.3) is 5.56 Å². The molecule has 1 N–H and O–H groups in total. The van der Waals surface area contributed by atoms with Crippen LogP contribution in [0, 0.1) is 0 Å². The van der Waals surface area contributed by atoms with Gasteiger partial charge in [-0.1, -0.05) is 18.2 Å². The summed E-state index contributed by atoms with van der Waals surface area (Å²) in [7, 11) is 2.97. The first-order valence-electron chi connectivity index (χ1n) is 8.59. The fraction of sp³-hybridized carbons (Fsp3) is 0.333. The molecule has 8 nitrogen and oxygen atoms in total. The normalized spacial score (nSPS) is 16.3. The predicted molar refractivity (Wildman–Crippen MR) is 103 cm³/mol. The molecule has 0 bridgehead atoms. The molecular formula is C18H19N5O3S. The minimum absolute atomic E-state index is 0.0320. The van der Waals surface area contributed by atoms with Gasteiger partial charge in [-0.3, -0.25) is 18.7 Å². The third-order valence-electron chi connectivity index (χ3n) is 4.82. The van der Waals surface area contributed by atoms with E-state index in [1.165, 1.54) is 27.4 Å². The highest BCUT2D eigenvalue weighted by atomic mass is 32.2. The van der Waals surface area contributed by atoms with Gasteiger partial charge in [-0.25, -0.2) is 9.78 Å². The number of aryl methyl sites for hydroxylation is 1. The molecule has 0 aliphatic carbocycles. The fourth-order valence-corrected chi connectivity index (χ4v) is 4.53. The van der Waals surface area contributed by atoms with Crippen LogP contribution in [0.1, 0.15) is 18.0 Å². The highest BCUT2D eigenvalue weighted by Crippen LogP contribution is 2.35. The zero-order valence-corrected chi connectivity index (χ0v) is 15.8. The van der Waals surface area contributed by atoms with Gasteiger partial charge in [-0.05, 0) is 18.1 Å². The fourth-order valence-electron chi connectivity index (χ4n) is 3.40. The van der Waals surface area contributed by atoms with Crippen LogP contribution in [0.25, 0.3) is 11.2 Å². The number of hydrogen-bond acceptors (Lipinski definition) is 5. The van der Waals surface area contributed by atoms with Crippen molar-refractivity contribution in [3.63, 3.8) is 0 Å². The smallest absolute Gasteiger partial charge is 0.332 e. The van der Waals surface area contributed by atoms with Gasteiger partial charge in [0.1, 0.15) is 6.54 Å². The van der Waals surface area contributed by atoms with E-state index in [9.17, 15) is 14.4 Å². The van der Waals surface area contributed by atoms with Crippen LogP contribution in [-0.4, -0.2) is 30.3 Å². The molecule has 4 rings (SSSR count). The predicted octanol–water partition coefficient (Wildman–Crippen LogP) is 0.787. The van der Waals surface area contributed by atoms with Crippen molar-refractivity contribution < 1.29 is 4.79 Å². The molecule has 0 saturated carbocycles. The first kappa shape index (κ1) is 17.6. The molecule has 3 heterocycles. The minimum Gasteiger partial charge on any atom is -0.348 e. The topological polar surface area (TPSA) is 90.9 Å². The second-order valence-corrected chi connectivity index (χ2v) is 7.68. The number of thioether (sulfide) groups is 1. The maximum Gasteiger partial charge on any atom is 0.332 e. The van der Waals surface area contributed by atoms with Gasteiger partial charge in [-0.15, -0.1) is 11.8 Å². The summed E-state index contributed by atoms with van der Waals surface area (Å²) in [5.74, 6) is 0.746. The van der Waals surface area contributed by atoms with E-state index in [1.54, 1.807) is 18.8 Å². The van der Waals surface area contributed by atoms with Crippen LogP contribution in [-0.2, 0) is 25.4 Å². The van der Waals surface area contributed by atoms with E-state index in [-0.39, 0.29) is 29.7 Å². The van der Waals surface area contributed by atoms with Crippen LogP contribution in [0.2, 0.25) is 0 Å². The lowest BCUT2D eigenvalue weighted by atomic mass is 10.0. The third kappa shape index (κ3) is 2.97. The van der Waals surface area contributed by atoms with Crippen molar-refractivity contribution in [1.82, 2.24) is 24.0 Å². The molecule has 0 saturated heterocycles. The van der Waals surface area contributed by atoms with Crippen LogP contribution in [0.5, 0.6) is 0 Å². The van der Waals surface area contributed by atoms with Crippen molar-refractivity contribution in [3.8, 4) is 0 Å². The molecular weight excluding hydrogens is 366 g/mol. The van der Waals surface area contributed by atoms with Gasteiger partial charge in [0.15, 0.2) is 11.2 Å². The van der Waals surface area contributed by atoms with Gasteiger partial charge in [0.05, 0.1) is 12.4 Å². The molecule has 27 heavy (non-hydrogen) atoms. The second kappa shape index (κ2) is 6.73. The number of benzene rings is 1. The highest BCUT2D eigenvalue weighted by Gasteiger charge is 2.23. The number of rotatable bonds is 3. The molecule has 9 heteroatoms. The van der Waals surface area contributed by atoms with Crippen molar-refractivity contribution in [2.75, 3.05) is 5.75 Å². The number of carbonyl (C=O) groups excluding carboxylic acids is 1. The van der Waals surface area contributed by atoms with Gasteiger partial charge < -0.3 is 9.88 Å². The molecule has 1 aliphatic rings. The lowest BCUT2D eigenvalue weighted by Crippen LogP contribution is -2.38. The Morgan fingerprint density at radius 2 is 2.04 bits per heavy atom. The molecule has 0 fully saturated rings. The van der Waals surface area contributed by atoms with E-state index < -0.39 is 11.2 Å². The number of fused-ring (bicyclic) bond motifs is 2. The number of hydrogen-bond donors (Lipinski definition) is 1. The van der Waals surface area contributed by atoms with E-state index >= 15 is 0 Å². The lowest BCUT2D eigenvalue weighted by Gasteiger charge is -2.26. The standard InChI is InChI=1S/C18H19N5O3S/c1-21-16-15(17(25)22(2)18(21)26)23(10-19-16)9-14(24)20-12-7-8-27-13-6-4-3-5-11(12)13/h3-6,10,12H,7-9H2,1-2H3,(H,20,24)/t12-/m1/s1. The van der Waals surface area contributed by atoms with Crippen molar-refractivity contribution in [1.29, 1.82) is 0 Å². The molecule has 0 spiro atoms. The number of nitrogens with zero attached hydrogens (tertiary/aromatic N) is 4. The van der Waals surface area contributed by atoms with Gasteiger partial charge in [0.2, 0.25) is 5.91 Å². The Morgan fingerprint density at radius 1 is 1.26 bits per heavy atom. The maximum absolute atomic E-state index is 12.6. The van der Waals surface area contributed by atoms with Crippen molar-refractivity contribution >= 4 is 28.8 Å². The summed E-state index contributed by atoms with van der Waals surface area (Å²) in [6.45, 7) is -0.0320. The molecule has 1 aliphatic heterocycles. The maximum atomic E-state index is 12.6. The average Bonchev–Trinajstić information content (AvgIpc) is 3.08. The van der Waals surface area contributed by atoms with Crippen LogP contribution < -0.4 is 16.6 Å². The van der Waals surface area contributed by atoms with E-state index in [2.05, 4.69) is 16.4 Å². The summed E-state index contributed by atoms with van der Waals surface area (Å²) in [5.41, 5.74) is 0.733. The molecule has 140 valence electrons. The second-order valence-electron chi connectivity index (χ2n) is 6.55. The summed E-state index contributed by atoms with van der Waals surface area (Å²) in [4.78, 5) is 42.5. The minimum atomic E-state index is -0.460. The van der Waals surface area contributed by atoms with Crippen molar-refractivity contribution in [2.24, 2.45) is 14.1 Å². The summed E-state index contributed by atoms with van der Waals surface area (Å²) in [6.07, 6.45) is 2.28. The zero-order valence-electron chi connectivity index (χ0n) is 15.0. The van der Waals surface area contributed by atoms with Crippen molar-refractivity contribution in [3.05, 3.63) is 57.0 Å². The van der Waals surface area contributed by atoms with Crippen LogP contribution in [0.4, 0.5) is 0 Å². The quantitative estimate of drug-likeness (QED) is 0.720. The summed E-state index contributed by atoms with van der Waals surface area (Å²) < 4.78 is 3.82. The molecule has 1 aromatic carbocycles. The summed E-state index contributed by atoms with van der Waals surface area (Å²) >= 11 is 1.79. The molecule has 0 radical (unpaired) electrons. The van der Waals surface area contributed by atoms with Gasteiger partial charge in [-0.2, -0.15) is 0 Å². The van der Waals surface area contributed by atoms with Gasteiger partial charge in [0, 0.05) is 24.7 Å². The molecule has 1 amide bonds. The van der Waals surface area contributed by atoms with Crippen LogP contribution >= 0.6 is 11.8 Å². The zero-order chi connectivity index (χ0) is 19.1. The summed E-state index contributed by atoms with van der Waals surface area (Å²) in [6, 6.07) is 8.01. The molecule has 1 atom stereocenters. The molecule has 2 aromatic heterocycles. The third-order valence-corrected chi connectivity index (χ3v) is 5.95. The number of carbonyl (C=O) groups is 1. The first-order valence-corrected chi connectivity index (χ1v) is 9.58. The van der Waals surface area contributed by atoms with Gasteiger partial charge >= 0.3 is 5.69 Å². The number of aromatic nitrogens is 4. The van der Waals surface area contributed by atoms with E-state index in [1.807, 2.05) is 18.2 Å². The number of imidazole rings is 1. The van der Waals surface area contributed by atoms with Crippen LogP contribution in [0.3, 0.4) is 0 Å². The first-order chi connectivity index (χ1) is 13.0. The Bertz CT molecular complexity index is 1160. The SMILES string of the molecule is Cn1c(=O)c2c(ncn2CC(=O)N[C@@H]2CCSc3ccccc32)n(C)c1=O. The largest absolute Gasteiger partial charge is 0.348 e. The average molecular weight is 385 g/mol. The van der Waals surface area contributed by atoms with Crippen molar-refractivity contribution in [2.45, 2.75) is 23.9 Å². The van der Waals surface area contributed by atoms with E-state index in [4.69, 9.17) is 0 Å². The molecule has 0 unspecified atom stereocenters. The Labute approximate surface area is 158 Å². The van der Waals surface area contributed by atoms with E-state index in [0.29, 0.717) is 0 Å². The number of nitrogens with one attached hydrogen (secondary N) is 1. The Hall–Kier alpha value is -2.81. The molecule has 3 aromatic rings. The summed E-state index contributed by atoms with van der Waals surface area (Å²) in [5, 5.41) is 3.06. The van der Waals surface area contributed by atoms with E-state index in [0.717, 1.165) is 22.3 Å². The Kier molecular flexibility index (Phi) is 4.39. The monoisotopic (exact) mass is 385 g/mol.